The van der Waals surface area contributed by atoms with Crippen LogP contribution < -0.4 is 5.73 Å². The molecule has 2 nitrogen and oxygen atoms in total. The van der Waals surface area contributed by atoms with Gasteiger partial charge in [0.05, 0.1) is 0 Å². The van der Waals surface area contributed by atoms with Crippen molar-refractivity contribution in [2.75, 3.05) is 0 Å². The molecule has 0 aromatic heterocycles. The van der Waals surface area contributed by atoms with Crippen LogP contribution in [0.2, 0.25) is 5.02 Å². The second-order valence-electron chi connectivity index (χ2n) is 3.68. The van der Waals surface area contributed by atoms with Gasteiger partial charge in [0.15, 0.2) is 6.29 Å². The summed E-state index contributed by atoms with van der Waals surface area (Å²) in [7, 11) is 0. The Morgan fingerprint density at radius 2 is 1.76 bits per heavy atom. The average molecular weight is 246 g/mol. The van der Waals surface area contributed by atoms with Crippen molar-refractivity contribution < 1.29 is 4.79 Å². The highest BCUT2D eigenvalue weighted by Gasteiger charge is 2.10. The number of benzene rings is 2. The lowest BCUT2D eigenvalue weighted by Crippen LogP contribution is -2.01. The summed E-state index contributed by atoms with van der Waals surface area (Å²) in [4.78, 5) is 11.0. The Morgan fingerprint density at radius 1 is 1.06 bits per heavy atom. The number of nitrogens with two attached hydrogens (primary N) is 1. The van der Waals surface area contributed by atoms with Crippen LogP contribution in [0, 0.1) is 0 Å². The second-order valence-corrected chi connectivity index (χ2v) is 4.08. The molecule has 3 heteroatoms. The van der Waals surface area contributed by atoms with Gasteiger partial charge in [-0.1, -0.05) is 48.0 Å². The fourth-order valence-corrected chi connectivity index (χ4v) is 2.12. The Kier molecular flexibility index (Phi) is 3.57. The number of hydrogen-bond donors (Lipinski definition) is 1. The van der Waals surface area contributed by atoms with E-state index in [2.05, 4.69) is 0 Å². The van der Waals surface area contributed by atoms with E-state index in [-0.39, 0.29) is 0 Å². The van der Waals surface area contributed by atoms with Gasteiger partial charge in [-0.15, -0.1) is 0 Å². The van der Waals surface area contributed by atoms with Crippen molar-refractivity contribution in [3.63, 3.8) is 0 Å². The standard InChI is InChI=1S/C14H12ClNO/c15-14-7-3-6-12(13(14)8-16)11-5-2-1-4-10(11)9-17/h1-7,9H,8,16H2. The summed E-state index contributed by atoms with van der Waals surface area (Å²) in [6, 6.07) is 13.0. The van der Waals surface area contributed by atoms with Crippen LogP contribution in [0.25, 0.3) is 11.1 Å². The van der Waals surface area contributed by atoms with Crippen LogP contribution in [-0.2, 0) is 6.54 Å². The Morgan fingerprint density at radius 3 is 2.47 bits per heavy atom. The van der Waals surface area contributed by atoms with Crippen molar-refractivity contribution in [1.82, 2.24) is 0 Å². The van der Waals surface area contributed by atoms with E-state index in [9.17, 15) is 4.79 Å². The van der Waals surface area contributed by atoms with Crippen molar-refractivity contribution >= 4 is 17.9 Å². The molecule has 0 heterocycles. The largest absolute Gasteiger partial charge is 0.326 e. The van der Waals surface area contributed by atoms with Gasteiger partial charge in [0, 0.05) is 17.1 Å². The Balaban J connectivity index is 2.68. The molecule has 86 valence electrons. The van der Waals surface area contributed by atoms with E-state index < -0.39 is 0 Å². The average Bonchev–Trinajstić information content (AvgIpc) is 2.38. The normalized spacial score (nSPS) is 10.2. The van der Waals surface area contributed by atoms with Gasteiger partial charge in [-0.3, -0.25) is 4.79 Å². The van der Waals surface area contributed by atoms with Crippen molar-refractivity contribution in [3.05, 3.63) is 58.6 Å². The number of halogens is 1. The number of carbonyl (C=O) groups excluding carboxylic acids is 1. The Bertz CT molecular complexity index is 552. The fraction of sp³-hybridized carbons (Fsp3) is 0.0714. The molecule has 0 fully saturated rings. The molecule has 17 heavy (non-hydrogen) atoms. The summed E-state index contributed by atoms with van der Waals surface area (Å²) < 4.78 is 0. The van der Waals surface area contributed by atoms with Gasteiger partial charge in [-0.2, -0.15) is 0 Å². The maximum Gasteiger partial charge on any atom is 0.150 e. The molecule has 0 bridgehead atoms. The summed E-state index contributed by atoms with van der Waals surface area (Å²) in [5, 5.41) is 0.630. The molecule has 0 radical (unpaired) electrons. The molecular formula is C14H12ClNO. The molecule has 0 atom stereocenters. The SMILES string of the molecule is NCc1c(Cl)cccc1-c1ccccc1C=O. The molecule has 2 N–H and O–H groups in total. The first-order valence-electron chi connectivity index (χ1n) is 5.30. The quantitative estimate of drug-likeness (QED) is 0.844. The van der Waals surface area contributed by atoms with Crippen LogP contribution in [0.1, 0.15) is 15.9 Å². The van der Waals surface area contributed by atoms with E-state index in [4.69, 9.17) is 17.3 Å². The summed E-state index contributed by atoms with van der Waals surface area (Å²) in [5.74, 6) is 0. The van der Waals surface area contributed by atoms with E-state index in [0.717, 1.165) is 23.0 Å². The van der Waals surface area contributed by atoms with Crippen molar-refractivity contribution in [3.8, 4) is 11.1 Å². The summed E-state index contributed by atoms with van der Waals surface area (Å²) >= 11 is 6.11. The zero-order valence-corrected chi connectivity index (χ0v) is 9.95. The molecule has 2 aromatic carbocycles. The molecule has 0 aliphatic heterocycles. The zero-order valence-electron chi connectivity index (χ0n) is 9.19. The molecule has 0 spiro atoms. The van der Waals surface area contributed by atoms with Crippen molar-refractivity contribution in [1.29, 1.82) is 0 Å². The highest BCUT2D eigenvalue weighted by atomic mass is 35.5. The van der Waals surface area contributed by atoms with Gasteiger partial charge >= 0.3 is 0 Å². The van der Waals surface area contributed by atoms with Gasteiger partial charge in [-0.05, 0) is 22.8 Å². The highest BCUT2D eigenvalue weighted by molar-refractivity contribution is 6.31. The van der Waals surface area contributed by atoms with Gasteiger partial charge in [0.25, 0.3) is 0 Å². The van der Waals surface area contributed by atoms with Gasteiger partial charge in [0.1, 0.15) is 0 Å². The van der Waals surface area contributed by atoms with Crippen LogP contribution in [0.4, 0.5) is 0 Å². The summed E-state index contributed by atoms with van der Waals surface area (Å²) in [6.45, 7) is 0.349. The lowest BCUT2D eigenvalue weighted by atomic mass is 9.96. The van der Waals surface area contributed by atoms with E-state index in [0.29, 0.717) is 17.1 Å². The van der Waals surface area contributed by atoms with Crippen LogP contribution in [-0.4, -0.2) is 6.29 Å². The predicted molar refractivity (Wildman–Crippen MR) is 70.2 cm³/mol. The summed E-state index contributed by atoms with van der Waals surface area (Å²) in [6.07, 6.45) is 0.844. The summed E-state index contributed by atoms with van der Waals surface area (Å²) in [5.41, 5.74) is 9.00. The molecule has 0 unspecified atom stereocenters. The monoisotopic (exact) mass is 245 g/mol. The molecule has 0 saturated carbocycles. The van der Waals surface area contributed by atoms with Gasteiger partial charge in [-0.25, -0.2) is 0 Å². The maximum absolute atomic E-state index is 11.0. The maximum atomic E-state index is 11.0. The lowest BCUT2D eigenvalue weighted by Gasteiger charge is -2.11. The first-order valence-corrected chi connectivity index (χ1v) is 5.67. The highest BCUT2D eigenvalue weighted by Crippen LogP contribution is 2.30. The minimum Gasteiger partial charge on any atom is -0.326 e. The van der Waals surface area contributed by atoms with Crippen LogP contribution in [0.5, 0.6) is 0 Å². The predicted octanol–water partition coefficient (Wildman–Crippen LogP) is 3.28. The van der Waals surface area contributed by atoms with Crippen LogP contribution in [0.3, 0.4) is 0 Å². The smallest absolute Gasteiger partial charge is 0.150 e. The van der Waals surface area contributed by atoms with Gasteiger partial charge in [0.2, 0.25) is 0 Å². The fourth-order valence-electron chi connectivity index (χ4n) is 1.86. The van der Waals surface area contributed by atoms with Crippen LogP contribution in [0.15, 0.2) is 42.5 Å². The van der Waals surface area contributed by atoms with Crippen LogP contribution >= 0.6 is 11.6 Å². The molecular weight excluding hydrogens is 234 g/mol. The van der Waals surface area contributed by atoms with Crippen molar-refractivity contribution in [2.45, 2.75) is 6.54 Å². The number of hydrogen-bond acceptors (Lipinski definition) is 2. The van der Waals surface area contributed by atoms with Crippen molar-refractivity contribution in [2.24, 2.45) is 5.73 Å². The molecule has 0 amide bonds. The van der Waals surface area contributed by atoms with E-state index in [1.807, 2.05) is 30.3 Å². The Hall–Kier alpha value is -1.64. The third kappa shape index (κ3) is 2.23. The minimum atomic E-state index is 0.349. The third-order valence-corrected chi connectivity index (χ3v) is 3.06. The molecule has 2 rings (SSSR count). The number of rotatable bonds is 3. The first kappa shape index (κ1) is 11.8. The second kappa shape index (κ2) is 5.13. The molecule has 0 aliphatic rings. The minimum absolute atomic E-state index is 0.349. The zero-order chi connectivity index (χ0) is 12.3. The van der Waals surface area contributed by atoms with E-state index >= 15 is 0 Å². The first-order chi connectivity index (χ1) is 8.27. The number of aldehydes is 1. The van der Waals surface area contributed by atoms with E-state index in [1.54, 1.807) is 12.1 Å². The topological polar surface area (TPSA) is 43.1 Å². The third-order valence-electron chi connectivity index (χ3n) is 2.70. The lowest BCUT2D eigenvalue weighted by molar-refractivity contribution is 0.112. The number of carbonyl (C=O) groups is 1. The molecule has 0 aliphatic carbocycles. The molecule has 2 aromatic rings. The molecule has 0 saturated heterocycles. The van der Waals surface area contributed by atoms with Gasteiger partial charge < -0.3 is 5.73 Å². The van der Waals surface area contributed by atoms with E-state index in [1.165, 1.54) is 0 Å². The Labute approximate surface area is 105 Å².